The van der Waals surface area contributed by atoms with E-state index < -0.39 is 136 Å². The number of ether oxygens (including phenoxy) is 6. The van der Waals surface area contributed by atoms with Gasteiger partial charge in [-0.2, -0.15) is 43.2 Å². The van der Waals surface area contributed by atoms with Crippen molar-refractivity contribution in [3.63, 3.8) is 0 Å². The number of halogens is 6. The van der Waals surface area contributed by atoms with Gasteiger partial charge in [0.2, 0.25) is 0 Å². The molecular weight excluding hydrogens is 1640 g/mol. The highest BCUT2D eigenvalue weighted by atomic mass is 32.2. The second-order valence-corrected chi connectivity index (χ2v) is 49.7. The summed E-state index contributed by atoms with van der Waals surface area (Å²) in [6.45, 7) is 36.2. The summed E-state index contributed by atoms with van der Waals surface area (Å²) in [6.07, 6.45) is 6.36. The number of methoxy groups -OCH3 is 3. The molecular formula is C74H112F6N6O25S2Si3. The van der Waals surface area contributed by atoms with Crippen LogP contribution < -0.4 is 28.4 Å². The summed E-state index contributed by atoms with van der Waals surface area (Å²) in [4.78, 5) is 90.9. The first-order chi connectivity index (χ1) is 53.3. The molecule has 42 heteroatoms. The van der Waals surface area contributed by atoms with Crippen LogP contribution in [0.4, 0.5) is 43.4 Å². The number of alkyl halides is 6. The van der Waals surface area contributed by atoms with Crippen LogP contribution in [0.1, 0.15) is 178 Å². The quantitative estimate of drug-likeness (QED) is 0.0102. The fourth-order valence-corrected chi connectivity index (χ4v) is 14.7. The Balaban J connectivity index is 0.000000368. The number of hydrogen-bond acceptors (Lipinski definition) is 25. The lowest BCUT2D eigenvalue weighted by Crippen LogP contribution is -2.51. The third-order valence-electron chi connectivity index (χ3n) is 20.8. The zero-order valence-electron chi connectivity index (χ0n) is 69.8. The number of nitrogens with zero attached hydrogens (tertiary/aromatic N) is 6. The molecule has 1 saturated heterocycles. The van der Waals surface area contributed by atoms with Gasteiger partial charge in [0.1, 0.15) is 34.0 Å². The molecule has 0 aliphatic carbocycles. The fourth-order valence-electron chi connectivity index (χ4n) is 10.6. The van der Waals surface area contributed by atoms with Gasteiger partial charge in [-0.1, -0.05) is 102 Å². The number of ketones is 1. The molecule has 3 aromatic carbocycles. The van der Waals surface area contributed by atoms with Crippen molar-refractivity contribution in [3.05, 3.63) is 107 Å². The molecule has 0 radical (unpaired) electrons. The van der Waals surface area contributed by atoms with Gasteiger partial charge in [0.05, 0.1) is 112 Å². The fraction of sp³-hybridized carbons (Fsp3) is 0.649. The third kappa shape index (κ3) is 26.7. The molecule has 654 valence electrons. The number of unbranched alkanes of at least 4 members (excludes halogenated alkanes) is 3. The summed E-state index contributed by atoms with van der Waals surface area (Å²) in [5.74, 6) is -2.33. The standard InChI is InChI=1S/2C25H37F3N2O9SSi.C24H38N2O7Si/c2*1-8-9-12-37-22-15-20(30(32)33)19(14-21(22)36-5)23(31)29-11-10-18(39-40(34,35)25(26,27)28)13-17(29)16-38-41(6,7)24(2,3)4;1-8-9-12-32-22-15-20(26(29)30)19(14-21(22)31-5)23(28)25-11-10-18(27)13-17(25)16-33-34(6,7)24(2,3)4/h13-15,17H,8-12,16H2,1-7H3;10,14-15,17H,8-9,11-13,16H2,1-7H3;14-15,17H,8-13,16H2,1-7H3/t3*17-/m000/s1. The highest BCUT2D eigenvalue weighted by Crippen LogP contribution is 2.44. The van der Waals surface area contributed by atoms with Crippen LogP contribution in [0.5, 0.6) is 34.5 Å². The van der Waals surface area contributed by atoms with Crippen molar-refractivity contribution in [2.75, 3.05) is 80.6 Å². The first-order valence-corrected chi connectivity index (χ1v) is 49.1. The molecule has 0 aromatic heterocycles. The maximum atomic E-state index is 13.8. The lowest BCUT2D eigenvalue weighted by Gasteiger charge is -2.40. The first kappa shape index (κ1) is 100. The van der Waals surface area contributed by atoms with Gasteiger partial charge in [-0.05, 0) is 85.8 Å². The molecule has 0 saturated carbocycles. The van der Waals surface area contributed by atoms with Crippen molar-refractivity contribution in [3.8, 4) is 34.5 Å². The van der Waals surface area contributed by atoms with Crippen molar-refractivity contribution in [1.29, 1.82) is 0 Å². The highest BCUT2D eigenvalue weighted by Gasteiger charge is 2.52. The molecule has 0 bridgehead atoms. The van der Waals surface area contributed by atoms with Crippen molar-refractivity contribution in [2.45, 2.75) is 231 Å². The van der Waals surface area contributed by atoms with E-state index in [4.69, 9.17) is 41.7 Å². The van der Waals surface area contributed by atoms with Crippen molar-refractivity contribution in [1.82, 2.24) is 14.7 Å². The van der Waals surface area contributed by atoms with Gasteiger partial charge in [-0.3, -0.25) is 49.5 Å². The van der Waals surface area contributed by atoms with E-state index in [0.29, 0.717) is 19.4 Å². The molecule has 0 spiro atoms. The van der Waals surface area contributed by atoms with Gasteiger partial charge in [0.15, 0.2) is 59.4 Å². The van der Waals surface area contributed by atoms with Gasteiger partial charge in [0, 0.05) is 63.5 Å². The Bertz CT molecular complexity index is 4190. The number of Topliss-reactive ketones (excluding diaryl/α,β-unsaturated/α-hetero) is 1. The number of hydrogen-bond donors (Lipinski definition) is 0. The molecule has 6 rings (SSSR count). The van der Waals surface area contributed by atoms with Gasteiger partial charge in [-0.25, -0.2) is 0 Å². The molecule has 3 heterocycles. The number of nitro benzene ring substituents is 3. The Morgan fingerprint density at radius 2 is 0.793 bits per heavy atom. The van der Waals surface area contributed by atoms with E-state index in [2.05, 4.69) is 42.2 Å². The van der Waals surface area contributed by atoms with E-state index in [1.54, 1.807) is 0 Å². The zero-order chi connectivity index (χ0) is 88.5. The van der Waals surface area contributed by atoms with Gasteiger partial charge in [-0.15, -0.1) is 0 Å². The van der Waals surface area contributed by atoms with E-state index in [-0.39, 0.29) is 150 Å². The van der Waals surface area contributed by atoms with Crippen LogP contribution in [0.2, 0.25) is 54.4 Å². The van der Waals surface area contributed by atoms with Crippen LogP contribution in [0.15, 0.2) is 60.1 Å². The average Bonchev–Trinajstić information content (AvgIpc) is 0.785. The summed E-state index contributed by atoms with van der Waals surface area (Å²) in [5, 5.41) is 35.2. The number of likely N-dealkylation sites (tertiary alicyclic amines) is 1. The lowest BCUT2D eigenvalue weighted by molar-refractivity contribution is -0.385. The number of rotatable bonds is 34. The Morgan fingerprint density at radius 3 is 1.12 bits per heavy atom. The van der Waals surface area contributed by atoms with E-state index >= 15 is 0 Å². The van der Waals surface area contributed by atoms with E-state index in [0.717, 1.165) is 50.0 Å². The number of piperidine rings is 1. The molecule has 3 aliphatic heterocycles. The van der Waals surface area contributed by atoms with E-state index in [9.17, 15) is 92.7 Å². The maximum Gasteiger partial charge on any atom is 0.534 e. The maximum absolute atomic E-state index is 13.8. The topological polar surface area (TPSA) is 377 Å². The van der Waals surface area contributed by atoms with Crippen LogP contribution in [-0.4, -0.2) is 205 Å². The van der Waals surface area contributed by atoms with Crippen LogP contribution in [0, 0.1) is 30.3 Å². The Labute approximate surface area is 677 Å². The zero-order valence-corrected chi connectivity index (χ0v) is 74.4. The van der Waals surface area contributed by atoms with E-state index in [1.807, 2.05) is 88.5 Å². The largest absolute Gasteiger partial charge is 0.534 e. The normalized spacial score (nSPS) is 16.8. The number of carbonyl (C=O) groups is 4. The van der Waals surface area contributed by atoms with Crippen LogP contribution in [0.3, 0.4) is 0 Å². The number of benzene rings is 3. The number of carbonyl (C=O) groups excluding carboxylic acids is 4. The smallest absolute Gasteiger partial charge is 0.493 e. The molecule has 1 fully saturated rings. The molecule has 31 nitrogen and oxygen atoms in total. The van der Waals surface area contributed by atoms with Crippen molar-refractivity contribution in [2.24, 2.45) is 0 Å². The minimum absolute atomic E-state index is 0.0275. The summed E-state index contributed by atoms with van der Waals surface area (Å²) >= 11 is 0. The summed E-state index contributed by atoms with van der Waals surface area (Å²) in [7, 11) is -14.8. The van der Waals surface area contributed by atoms with Crippen LogP contribution in [0.25, 0.3) is 0 Å². The summed E-state index contributed by atoms with van der Waals surface area (Å²) < 4.78 is 185. The molecule has 3 atom stereocenters. The number of nitro groups is 3. The Kier molecular flexibility index (Phi) is 35.4. The molecule has 0 unspecified atom stereocenters. The minimum Gasteiger partial charge on any atom is -0.493 e. The predicted octanol–water partition coefficient (Wildman–Crippen LogP) is 16.5. The molecule has 3 amide bonds. The third-order valence-corrected chi connectivity index (χ3v) is 36.3. The number of amides is 3. The second kappa shape index (κ2) is 41.0. The monoisotopic (exact) mass is 1750 g/mol. The first-order valence-electron chi connectivity index (χ1n) is 37.6. The Hall–Kier alpha value is -8.17. The summed E-state index contributed by atoms with van der Waals surface area (Å²) in [6, 6.07) is 4.59. The molecule has 116 heavy (non-hydrogen) atoms. The van der Waals surface area contributed by atoms with Crippen molar-refractivity contribution < 1.29 is 127 Å². The van der Waals surface area contributed by atoms with Crippen LogP contribution >= 0.6 is 0 Å². The van der Waals surface area contributed by atoms with Crippen molar-refractivity contribution >= 4 is 85.8 Å². The molecule has 3 aromatic rings. The molecule has 0 N–H and O–H groups in total. The van der Waals surface area contributed by atoms with Gasteiger partial charge < -0.3 is 64.8 Å². The minimum atomic E-state index is -5.94. The Morgan fingerprint density at radius 1 is 0.474 bits per heavy atom. The van der Waals surface area contributed by atoms with Crippen LogP contribution in [-0.2, 0) is 46.7 Å². The van der Waals surface area contributed by atoms with E-state index in [1.165, 1.54) is 60.3 Å². The summed E-state index contributed by atoms with van der Waals surface area (Å²) in [5.41, 5.74) is -13.5. The molecule has 3 aliphatic rings. The van der Waals surface area contributed by atoms with Gasteiger partial charge in [0.25, 0.3) is 34.8 Å². The second-order valence-electron chi connectivity index (χ2n) is 32.2. The van der Waals surface area contributed by atoms with Gasteiger partial charge >= 0.3 is 31.3 Å². The lowest BCUT2D eigenvalue weighted by atomic mass is 9.99. The SMILES string of the molecule is CCCCOc1cc([N+](=O)[O-])c(C(=O)N2CC=C(OS(=O)(=O)C(F)(F)F)C[C@H]2CO[Si](C)(C)C(C)(C)C)cc1OC.CCCCOc1cc([N+](=O)[O-])c(C(=O)N2CCC(=O)C[C@H]2CO[Si](C)(C)C(C)(C)C)cc1OC.CCCCOc1cc([N+](=O)[O-])c(C(=O)N2CCC(OS(=O)(=O)C(F)(F)F)=C[C@H]2CO[Si](C)(C)C(C)(C)C)cc1OC. The average molecular weight is 1750 g/mol. The highest BCUT2D eigenvalue weighted by molar-refractivity contribution is 7.88. The predicted molar refractivity (Wildman–Crippen MR) is 426 cm³/mol.